The molecule has 0 unspecified atom stereocenters. The minimum atomic E-state index is -4.48. The molecule has 0 aromatic carbocycles. The Morgan fingerprint density at radius 1 is 1.25 bits per heavy atom. The fraction of sp³-hybridized carbons (Fsp3) is 0.625. The van der Waals surface area contributed by atoms with E-state index in [9.17, 15) is 18.0 Å². The largest absolute Gasteiger partial charge is 0.433 e. The maximum absolute atomic E-state index is 12.5. The summed E-state index contributed by atoms with van der Waals surface area (Å²) < 4.78 is 42.9. The Morgan fingerprint density at radius 3 is 2.62 bits per heavy atom. The van der Waals surface area contributed by atoms with E-state index < -0.39 is 11.9 Å². The SMILES string of the molecule is O=C(Nc1ccc(C(F)(F)F)nc1)N1CCCC2(CCOCC2)C1. The number of urea groups is 1. The number of hydrogen-bond donors (Lipinski definition) is 1. The molecule has 2 fully saturated rings. The van der Waals surface area contributed by atoms with Crippen molar-refractivity contribution < 1.29 is 22.7 Å². The lowest BCUT2D eigenvalue weighted by atomic mass is 9.74. The van der Waals surface area contributed by atoms with Crippen LogP contribution in [0, 0.1) is 5.41 Å². The summed E-state index contributed by atoms with van der Waals surface area (Å²) in [6.45, 7) is 2.76. The summed E-state index contributed by atoms with van der Waals surface area (Å²) in [5.41, 5.74) is -0.592. The van der Waals surface area contributed by atoms with Gasteiger partial charge in [-0.05, 0) is 43.2 Å². The number of ether oxygens (including phenoxy) is 1. The Morgan fingerprint density at radius 2 is 2.00 bits per heavy atom. The zero-order valence-corrected chi connectivity index (χ0v) is 13.2. The Hall–Kier alpha value is -1.83. The number of likely N-dealkylation sites (tertiary alicyclic amines) is 1. The van der Waals surface area contributed by atoms with Crippen molar-refractivity contribution in [3.8, 4) is 0 Å². The van der Waals surface area contributed by atoms with Gasteiger partial charge in [-0.2, -0.15) is 13.2 Å². The van der Waals surface area contributed by atoms with Gasteiger partial charge in [-0.15, -0.1) is 0 Å². The van der Waals surface area contributed by atoms with E-state index in [2.05, 4.69) is 10.3 Å². The van der Waals surface area contributed by atoms with Crippen LogP contribution in [0.4, 0.5) is 23.7 Å². The lowest BCUT2D eigenvalue weighted by Crippen LogP contribution is -2.49. The van der Waals surface area contributed by atoms with Gasteiger partial charge >= 0.3 is 12.2 Å². The maximum Gasteiger partial charge on any atom is 0.433 e. The van der Waals surface area contributed by atoms with Crippen LogP contribution in [-0.4, -0.2) is 42.2 Å². The number of alkyl halides is 3. The molecular weight excluding hydrogens is 323 g/mol. The summed E-state index contributed by atoms with van der Waals surface area (Å²) in [4.78, 5) is 17.5. The predicted octanol–water partition coefficient (Wildman–Crippen LogP) is 3.52. The Labute approximate surface area is 138 Å². The van der Waals surface area contributed by atoms with Crippen molar-refractivity contribution in [1.82, 2.24) is 9.88 Å². The van der Waals surface area contributed by atoms with Crippen molar-refractivity contribution >= 4 is 11.7 Å². The lowest BCUT2D eigenvalue weighted by Gasteiger charge is -2.44. The van der Waals surface area contributed by atoms with Crippen molar-refractivity contribution in [2.45, 2.75) is 31.9 Å². The zero-order chi connectivity index (χ0) is 17.2. The number of halogens is 3. The second kappa shape index (κ2) is 6.58. The van der Waals surface area contributed by atoms with Gasteiger partial charge in [-0.3, -0.25) is 0 Å². The summed E-state index contributed by atoms with van der Waals surface area (Å²) in [6.07, 6.45) is 0.456. The number of nitrogens with one attached hydrogen (secondary N) is 1. The van der Waals surface area contributed by atoms with E-state index in [1.54, 1.807) is 4.90 Å². The normalized spacial score (nSPS) is 20.9. The van der Waals surface area contributed by atoms with Gasteiger partial charge in [-0.25, -0.2) is 9.78 Å². The molecule has 2 amide bonds. The smallest absolute Gasteiger partial charge is 0.381 e. The summed E-state index contributed by atoms with van der Waals surface area (Å²) >= 11 is 0. The fourth-order valence-electron chi connectivity index (χ4n) is 3.43. The molecule has 0 aliphatic carbocycles. The number of rotatable bonds is 1. The second-order valence-electron chi connectivity index (χ2n) is 6.50. The lowest BCUT2D eigenvalue weighted by molar-refractivity contribution is -0.141. The molecular formula is C16H20F3N3O2. The first-order chi connectivity index (χ1) is 11.4. The van der Waals surface area contributed by atoms with Gasteiger partial charge < -0.3 is 15.0 Å². The third-order valence-corrected chi connectivity index (χ3v) is 4.81. The molecule has 3 heterocycles. The van der Waals surface area contributed by atoms with E-state index in [1.807, 2.05) is 0 Å². The zero-order valence-electron chi connectivity index (χ0n) is 13.2. The van der Waals surface area contributed by atoms with Crippen molar-refractivity contribution in [3.05, 3.63) is 24.0 Å². The third kappa shape index (κ3) is 3.80. The molecule has 1 aromatic heterocycles. The monoisotopic (exact) mass is 343 g/mol. The minimum absolute atomic E-state index is 0.117. The van der Waals surface area contributed by atoms with Crippen LogP contribution in [0.3, 0.4) is 0 Å². The minimum Gasteiger partial charge on any atom is -0.381 e. The first-order valence-corrected chi connectivity index (χ1v) is 8.05. The molecule has 0 bridgehead atoms. The van der Waals surface area contributed by atoms with E-state index in [1.165, 1.54) is 6.07 Å². The number of hydrogen-bond acceptors (Lipinski definition) is 3. The van der Waals surface area contributed by atoms with Gasteiger partial charge in [0.2, 0.25) is 0 Å². The Balaban J connectivity index is 1.62. The molecule has 8 heteroatoms. The van der Waals surface area contributed by atoms with Crippen LogP contribution in [0.5, 0.6) is 0 Å². The molecule has 1 aromatic rings. The van der Waals surface area contributed by atoms with Gasteiger partial charge in [0.25, 0.3) is 0 Å². The first kappa shape index (κ1) is 17.0. The molecule has 0 atom stereocenters. The molecule has 1 N–H and O–H groups in total. The molecule has 2 saturated heterocycles. The number of aromatic nitrogens is 1. The average molecular weight is 343 g/mol. The highest BCUT2D eigenvalue weighted by Crippen LogP contribution is 2.39. The van der Waals surface area contributed by atoms with Gasteiger partial charge in [0.15, 0.2) is 0 Å². The van der Waals surface area contributed by atoms with Crippen LogP contribution in [-0.2, 0) is 10.9 Å². The quantitative estimate of drug-likeness (QED) is 0.849. The van der Waals surface area contributed by atoms with Crippen LogP contribution < -0.4 is 5.32 Å². The predicted molar refractivity (Wildman–Crippen MR) is 81.6 cm³/mol. The summed E-state index contributed by atoms with van der Waals surface area (Å²) in [5.74, 6) is 0. The maximum atomic E-state index is 12.5. The summed E-state index contributed by atoms with van der Waals surface area (Å²) in [5, 5.41) is 2.64. The van der Waals surface area contributed by atoms with Crippen LogP contribution in [0.2, 0.25) is 0 Å². The van der Waals surface area contributed by atoms with E-state index in [4.69, 9.17) is 4.74 Å². The highest BCUT2D eigenvalue weighted by Gasteiger charge is 2.38. The Kier molecular flexibility index (Phi) is 4.67. The van der Waals surface area contributed by atoms with Crippen molar-refractivity contribution in [2.75, 3.05) is 31.6 Å². The third-order valence-electron chi connectivity index (χ3n) is 4.81. The van der Waals surface area contributed by atoms with Crippen molar-refractivity contribution in [2.24, 2.45) is 5.41 Å². The average Bonchev–Trinajstić information content (AvgIpc) is 2.55. The molecule has 5 nitrogen and oxygen atoms in total. The van der Waals surface area contributed by atoms with Crippen LogP contribution >= 0.6 is 0 Å². The van der Waals surface area contributed by atoms with Crippen LogP contribution in [0.15, 0.2) is 18.3 Å². The molecule has 1 spiro atoms. The van der Waals surface area contributed by atoms with Crippen LogP contribution in [0.25, 0.3) is 0 Å². The number of piperidine rings is 1. The molecule has 0 saturated carbocycles. The second-order valence-corrected chi connectivity index (χ2v) is 6.50. The molecule has 0 radical (unpaired) electrons. The number of carbonyl (C=O) groups excluding carboxylic acids is 1. The van der Waals surface area contributed by atoms with Crippen molar-refractivity contribution in [3.63, 3.8) is 0 Å². The standard InChI is InChI=1S/C16H20F3N3O2/c17-16(18,19)13-3-2-12(10-20-13)21-14(23)22-7-1-4-15(11-22)5-8-24-9-6-15/h2-3,10H,1,4-9,11H2,(H,21,23). The molecule has 24 heavy (non-hydrogen) atoms. The molecule has 2 aliphatic rings. The van der Waals surface area contributed by atoms with E-state index >= 15 is 0 Å². The topological polar surface area (TPSA) is 54.5 Å². The van der Waals surface area contributed by atoms with E-state index in [0.717, 1.165) is 51.2 Å². The van der Waals surface area contributed by atoms with Gasteiger partial charge in [0.1, 0.15) is 5.69 Å². The summed E-state index contributed by atoms with van der Waals surface area (Å²) in [6, 6.07) is 1.80. The fourth-order valence-corrected chi connectivity index (χ4v) is 3.43. The van der Waals surface area contributed by atoms with Crippen molar-refractivity contribution in [1.29, 1.82) is 0 Å². The highest BCUT2D eigenvalue weighted by atomic mass is 19.4. The number of nitrogens with zero attached hydrogens (tertiary/aromatic N) is 2. The molecule has 2 aliphatic heterocycles. The number of carbonyl (C=O) groups is 1. The van der Waals surface area contributed by atoms with Crippen LogP contribution in [0.1, 0.15) is 31.4 Å². The molecule has 3 rings (SSSR count). The molecule has 132 valence electrons. The van der Waals surface area contributed by atoms with Gasteiger partial charge in [-0.1, -0.05) is 0 Å². The Bertz CT molecular complexity index is 578. The highest BCUT2D eigenvalue weighted by molar-refractivity contribution is 5.89. The first-order valence-electron chi connectivity index (χ1n) is 8.05. The van der Waals surface area contributed by atoms with E-state index in [0.29, 0.717) is 13.1 Å². The van der Waals surface area contributed by atoms with Gasteiger partial charge in [0.05, 0.1) is 11.9 Å². The number of pyridine rings is 1. The summed E-state index contributed by atoms with van der Waals surface area (Å²) in [7, 11) is 0. The number of amides is 2. The van der Waals surface area contributed by atoms with E-state index in [-0.39, 0.29) is 17.1 Å². The van der Waals surface area contributed by atoms with Gasteiger partial charge in [0, 0.05) is 26.3 Å². The number of anilines is 1.